The number of aromatic amines is 1. The molecule has 1 aromatic carbocycles. The van der Waals surface area contributed by atoms with Crippen LogP contribution in [0.5, 0.6) is 0 Å². The first-order chi connectivity index (χ1) is 11.0. The Balaban J connectivity index is 1.92. The van der Waals surface area contributed by atoms with Crippen LogP contribution in [0.15, 0.2) is 36.5 Å². The van der Waals surface area contributed by atoms with E-state index in [9.17, 15) is 9.59 Å². The van der Waals surface area contributed by atoms with Crippen molar-refractivity contribution in [3.8, 4) is 0 Å². The second-order valence-electron chi connectivity index (χ2n) is 5.55. The molecule has 2 heterocycles. The average Bonchev–Trinajstić information content (AvgIpc) is 2.82. The van der Waals surface area contributed by atoms with Gasteiger partial charge in [0.1, 0.15) is 5.69 Å². The molecule has 0 saturated carbocycles. The second-order valence-corrected chi connectivity index (χ2v) is 5.55. The third kappa shape index (κ3) is 2.73. The van der Waals surface area contributed by atoms with Gasteiger partial charge in [0, 0.05) is 16.6 Å². The fourth-order valence-corrected chi connectivity index (χ4v) is 2.84. The minimum Gasteiger partial charge on any atom is -0.354 e. The number of nitrogens with one attached hydrogen (secondary N) is 2. The number of anilines is 1. The minimum atomic E-state index is -0.282. The van der Waals surface area contributed by atoms with E-state index < -0.39 is 0 Å². The number of hydrogen-bond acceptors (Lipinski definition) is 3. The highest BCUT2D eigenvalue weighted by molar-refractivity contribution is 6.08. The summed E-state index contributed by atoms with van der Waals surface area (Å²) in [5.41, 5.74) is 3.84. The first-order valence-electron chi connectivity index (χ1n) is 7.33. The van der Waals surface area contributed by atoms with Crippen LogP contribution in [0, 0.1) is 13.8 Å². The molecule has 1 amide bonds. The highest BCUT2D eigenvalue weighted by Crippen LogP contribution is 2.21. The minimum absolute atomic E-state index is 0.0531. The quantitative estimate of drug-likeness (QED) is 0.725. The van der Waals surface area contributed by atoms with Crippen molar-refractivity contribution in [1.29, 1.82) is 0 Å². The molecule has 0 aliphatic carbocycles. The van der Waals surface area contributed by atoms with Crippen LogP contribution in [0.1, 0.15) is 39.0 Å². The van der Waals surface area contributed by atoms with Crippen LogP contribution in [-0.4, -0.2) is 21.7 Å². The number of carbonyl (C=O) groups excluding carboxylic acids is 2. The molecule has 3 aromatic rings. The Bertz CT molecular complexity index is 925. The van der Waals surface area contributed by atoms with Gasteiger partial charge < -0.3 is 10.3 Å². The maximum Gasteiger partial charge on any atom is 0.272 e. The van der Waals surface area contributed by atoms with Crippen LogP contribution in [0.2, 0.25) is 0 Å². The number of nitrogens with zero attached hydrogens (tertiary/aromatic N) is 1. The van der Waals surface area contributed by atoms with Gasteiger partial charge in [-0.1, -0.05) is 18.2 Å². The maximum absolute atomic E-state index is 12.5. The van der Waals surface area contributed by atoms with Crippen molar-refractivity contribution < 1.29 is 9.59 Å². The summed E-state index contributed by atoms with van der Waals surface area (Å²) in [6.45, 7) is 5.06. The lowest BCUT2D eigenvalue weighted by atomic mass is 10.1. The number of amides is 1. The number of benzene rings is 1. The number of pyridine rings is 1. The standard InChI is InChI=1S/C18H17N3O2/c1-10-16(12(3)22)11(2)20-17(10)18(23)21-14-8-13-6-4-5-7-15(13)19-9-14/h4-9,20H,1-3H3,(H,21,23). The lowest BCUT2D eigenvalue weighted by Gasteiger charge is -2.06. The van der Waals surface area contributed by atoms with Crippen LogP contribution in [0.4, 0.5) is 5.69 Å². The van der Waals surface area contributed by atoms with Crippen LogP contribution in [0.3, 0.4) is 0 Å². The molecule has 0 bridgehead atoms. The SMILES string of the molecule is CC(=O)c1c(C)[nH]c(C(=O)Nc2cnc3ccccc3c2)c1C. The number of aryl methyl sites for hydroxylation is 1. The normalized spacial score (nSPS) is 10.7. The Morgan fingerprint density at radius 2 is 1.91 bits per heavy atom. The molecule has 2 aromatic heterocycles. The summed E-state index contributed by atoms with van der Waals surface area (Å²) >= 11 is 0. The molecule has 2 N–H and O–H groups in total. The Morgan fingerprint density at radius 3 is 2.61 bits per heavy atom. The third-order valence-electron chi connectivity index (χ3n) is 3.86. The largest absolute Gasteiger partial charge is 0.354 e. The maximum atomic E-state index is 12.5. The summed E-state index contributed by atoms with van der Waals surface area (Å²) in [7, 11) is 0. The summed E-state index contributed by atoms with van der Waals surface area (Å²) < 4.78 is 0. The van der Waals surface area contributed by atoms with E-state index in [1.54, 1.807) is 20.0 Å². The molecule has 0 unspecified atom stereocenters. The van der Waals surface area contributed by atoms with E-state index in [-0.39, 0.29) is 11.7 Å². The molecule has 0 saturated heterocycles. The number of H-pyrrole nitrogens is 1. The Kier molecular flexibility index (Phi) is 3.70. The molecular weight excluding hydrogens is 290 g/mol. The van der Waals surface area contributed by atoms with Gasteiger partial charge in [0.25, 0.3) is 5.91 Å². The number of ketones is 1. The van der Waals surface area contributed by atoms with Gasteiger partial charge in [0.05, 0.1) is 17.4 Å². The lowest BCUT2D eigenvalue weighted by Crippen LogP contribution is -2.14. The van der Waals surface area contributed by atoms with Crippen LogP contribution >= 0.6 is 0 Å². The molecule has 0 atom stereocenters. The van der Waals surface area contributed by atoms with E-state index >= 15 is 0 Å². The molecule has 3 rings (SSSR count). The molecule has 0 aliphatic heterocycles. The van der Waals surface area contributed by atoms with Crippen molar-refractivity contribution in [2.75, 3.05) is 5.32 Å². The highest BCUT2D eigenvalue weighted by atomic mass is 16.2. The van der Waals surface area contributed by atoms with Gasteiger partial charge >= 0.3 is 0 Å². The van der Waals surface area contributed by atoms with Crippen molar-refractivity contribution in [2.24, 2.45) is 0 Å². The average molecular weight is 307 g/mol. The van der Waals surface area contributed by atoms with E-state index in [0.717, 1.165) is 10.9 Å². The van der Waals surface area contributed by atoms with Crippen LogP contribution in [0.25, 0.3) is 10.9 Å². The molecule has 0 aliphatic rings. The van der Waals surface area contributed by atoms with Gasteiger partial charge in [-0.15, -0.1) is 0 Å². The summed E-state index contributed by atoms with van der Waals surface area (Å²) in [5, 5.41) is 3.78. The third-order valence-corrected chi connectivity index (χ3v) is 3.86. The summed E-state index contributed by atoms with van der Waals surface area (Å²) in [6.07, 6.45) is 1.62. The first-order valence-corrected chi connectivity index (χ1v) is 7.33. The van der Waals surface area contributed by atoms with Gasteiger partial charge in [-0.2, -0.15) is 0 Å². The van der Waals surface area contributed by atoms with E-state index in [4.69, 9.17) is 0 Å². The highest BCUT2D eigenvalue weighted by Gasteiger charge is 2.19. The van der Waals surface area contributed by atoms with E-state index in [1.807, 2.05) is 30.3 Å². The number of hydrogen-bond donors (Lipinski definition) is 2. The number of para-hydroxylation sites is 1. The molecule has 116 valence electrons. The molecule has 0 spiro atoms. The number of carbonyl (C=O) groups is 2. The smallest absolute Gasteiger partial charge is 0.272 e. The number of fused-ring (bicyclic) bond motifs is 1. The van der Waals surface area contributed by atoms with Crippen LogP contribution in [-0.2, 0) is 0 Å². The number of rotatable bonds is 3. The van der Waals surface area contributed by atoms with Gasteiger partial charge in [-0.25, -0.2) is 0 Å². The molecular formula is C18H17N3O2. The summed E-state index contributed by atoms with van der Waals surface area (Å²) in [6, 6.07) is 9.57. The summed E-state index contributed by atoms with van der Waals surface area (Å²) in [5.74, 6) is -0.335. The second kappa shape index (κ2) is 5.68. The van der Waals surface area contributed by atoms with Crippen molar-refractivity contribution in [2.45, 2.75) is 20.8 Å². The molecule has 0 radical (unpaired) electrons. The zero-order valence-electron chi connectivity index (χ0n) is 13.2. The zero-order chi connectivity index (χ0) is 16.6. The predicted octanol–water partition coefficient (Wildman–Crippen LogP) is 3.63. The van der Waals surface area contributed by atoms with Gasteiger partial charge in [-0.3, -0.25) is 14.6 Å². The molecule has 5 heteroatoms. The number of aromatic nitrogens is 2. The van der Waals surface area contributed by atoms with E-state index in [1.165, 1.54) is 6.92 Å². The Morgan fingerprint density at radius 1 is 1.17 bits per heavy atom. The zero-order valence-corrected chi connectivity index (χ0v) is 13.2. The summed E-state index contributed by atoms with van der Waals surface area (Å²) in [4.78, 5) is 31.5. The van der Waals surface area contributed by atoms with Crippen LogP contribution < -0.4 is 5.32 Å². The number of Topliss-reactive ketones (excluding diaryl/α,β-unsaturated/α-hetero) is 1. The molecule has 0 fully saturated rings. The topological polar surface area (TPSA) is 74.8 Å². The van der Waals surface area contributed by atoms with Crippen molar-refractivity contribution in [1.82, 2.24) is 9.97 Å². The Hall–Kier alpha value is -2.95. The molecule has 23 heavy (non-hydrogen) atoms. The van der Waals surface area contributed by atoms with Crippen molar-refractivity contribution >= 4 is 28.3 Å². The van der Waals surface area contributed by atoms with Crippen molar-refractivity contribution in [3.63, 3.8) is 0 Å². The molecule has 5 nitrogen and oxygen atoms in total. The van der Waals surface area contributed by atoms with Gasteiger partial charge in [0.15, 0.2) is 5.78 Å². The lowest BCUT2D eigenvalue weighted by molar-refractivity contribution is 0.101. The van der Waals surface area contributed by atoms with Gasteiger partial charge in [0.2, 0.25) is 0 Å². The fraction of sp³-hybridized carbons (Fsp3) is 0.167. The van der Waals surface area contributed by atoms with Crippen molar-refractivity contribution in [3.05, 3.63) is 59.0 Å². The first kappa shape index (κ1) is 15.0. The van der Waals surface area contributed by atoms with Gasteiger partial charge in [-0.05, 0) is 38.5 Å². The Labute approximate surface area is 133 Å². The fourth-order valence-electron chi connectivity index (χ4n) is 2.84. The predicted molar refractivity (Wildman–Crippen MR) is 90.0 cm³/mol. The van der Waals surface area contributed by atoms with E-state index in [2.05, 4.69) is 15.3 Å². The monoisotopic (exact) mass is 307 g/mol. The van der Waals surface area contributed by atoms with E-state index in [0.29, 0.717) is 28.2 Å².